The van der Waals surface area contributed by atoms with E-state index in [0.29, 0.717) is 6.04 Å². The molecule has 17 heavy (non-hydrogen) atoms. The third kappa shape index (κ3) is 1.82. The van der Waals surface area contributed by atoms with Gasteiger partial charge in [0.05, 0.1) is 0 Å². The zero-order valence-electron chi connectivity index (χ0n) is 9.80. The number of alkyl halides is 1. The lowest BCUT2D eigenvalue weighted by Crippen LogP contribution is -2.32. The third-order valence-corrected chi connectivity index (χ3v) is 4.10. The Bertz CT molecular complexity index is 536. The van der Waals surface area contributed by atoms with E-state index in [0.717, 1.165) is 17.5 Å². The van der Waals surface area contributed by atoms with Crippen LogP contribution in [-0.2, 0) is 0 Å². The Kier molecular flexibility index (Phi) is 2.78. The second-order valence-electron chi connectivity index (χ2n) is 4.56. The van der Waals surface area contributed by atoms with Gasteiger partial charge in [-0.05, 0) is 37.5 Å². The maximum atomic E-state index is 4.32. The van der Waals surface area contributed by atoms with Crippen molar-refractivity contribution >= 4 is 27.4 Å². The smallest absolute Gasteiger partial charge is 0.157 e. The predicted molar refractivity (Wildman–Crippen MR) is 71.9 cm³/mol. The molecule has 3 rings (SSSR count). The van der Waals surface area contributed by atoms with E-state index in [-0.39, 0.29) is 0 Å². The number of halogens is 1. The molecule has 0 spiro atoms. The van der Waals surface area contributed by atoms with Crippen LogP contribution in [0.25, 0.3) is 5.65 Å². The highest BCUT2D eigenvalue weighted by atomic mass is 79.9. The number of rotatable bonds is 2. The van der Waals surface area contributed by atoms with Crippen molar-refractivity contribution in [3.05, 3.63) is 24.0 Å². The van der Waals surface area contributed by atoms with Crippen molar-refractivity contribution in [2.75, 3.05) is 16.8 Å². The summed E-state index contributed by atoms with van der Waals surface area (Å²) in [5.74, 6) is 1.17. The molecule has 1 saturated heterocycles. The van der Waals surface area contributed by atoms with E-state index < -0.39 is 0 Å². The van der Waals surface area contributed by atoms with Crippen LogP contribution >= 0.6 is 15.9 Å². The summed E-state index contributed by atoms with van der Waals surface area (Å²) in [5, 5.41) is 5.33. The lowest BCUT2D eigenvalue weighted by Gasteiger charge is -2.25. The molecule has 0 amide bonds. The molecule has 3 heterocycles. The van der Waals surface area contributed by atoms with Crippen LogP contribution in [-0.4, -0.2) is 32.5 Å². The summed E-state index contributed by atoms with van der Waals surface area (Å²) in [4.78, 5) is 6.71. The first-order chi connectivity index (χ1) is 8.29. The number of pyridine rings is 1. The van der Waals surface area contributed by atoms with Crippen molar-refractivity contribution < 1.29 is 0 Å². The van der Waals surface area contributed by atoms with Gasteiger partial charge in [-0.25, -0.2) is 4.98 Å². The third-order valence-electron chi connectivity index (χ3n) is 3.35. The van der Waals surface area contributed by atoms with Gasteiger partial charge in [0.2, 0.25) is 0 Å². The zero-order chi connectivity index (χ0) is 11.8. The normalized spacial score (nSPS) is 20.4. The van der Waals surface area contributed by atoms with Gasteiger partial charge in [0.15, 0.2) is 5.65 Å². The molecule has 1 aliphatic rings. The molecule has 0 radical (unpaired) electrons. The molecule has 1 atom stereocenters. The second-order valence-corrected chi connectivity index (χ2v) is 5.21. The van der Waals surface area contributed by atoms with Gasteiger partial charge in [-0.2, -0.15) is 9.61 Å². The fourth-order valence-electron chi connectivity index (χ4n) is 2.54. The Morgan fingerprint density at radius 1 is 1.47 bits per heavy atom. The molecular weight excluding hydrogens is 280 g/mol. The predicted octanol–water partition coefficient (Wildman–Crippen LogP) is 2.40. The van der Waals surface area contributed by atoms with Gasteiger partial charge in [0.1, 0.15) is 12.1 Å². The minimum Gasteiger partial charge on any atom is -0.353 e. The van der Waals surface area contributed by atoms with E-state index in [1.165, 1.54) is 24.2 Å². The van der Waals surface area contributed by atoms with E-state index in [1.807, 2.05) is 4.52 Å². The Morgan fingerprint density at radius 2 is 2.35 bits per heavy atom. The number of fused-ring (bicyclic) bond motifs is 1. The summed E-state index contributed by atoms with van der Waals surface area (Å²) in [6.45, 7) is 3.21. The first kappa shape index (κ1) is 11.0. The largest absolute Gasteiger partial charge is 0.353 e. The summed E-state index contributed by atoms with van der Waals surface area (Å²) in [7, 11) is 0. The van der Waals surface area contributed by atoms with Gasteiger partial charge in [-0.1, -0.05) is 15.9 Å². The molecule has 0 N–H and O–H groups in total. The summed E-state index contributed by atoms with van der Waals surface area (Å²) in [6, 6.07) is 4.84. The summed E-state index contributed by atoms with van der Waals surface area (Å²) >= 11 is 3.60. The average Bonchev–Trinajstić information content (AvgIpc) is 2.95. The van der Waals surface area contributed by atoms with Crippen molar-refractivity contribution in [2.45, 2.75) is 25.8 Å². The van der Waals surface area contributed by atoms with Gasteiger partial charge in [-0.3, -0.25) is 0 Å². The second kappa shape index (κ2) is 4.29. The fourth-order valence-corrected chi connectivity index (χ4v) is 3.21. The van der Waals surface area contributed by atoms with Crippen molar-refractivity contribution in [1.29, 1.82) is 0 Å². The van der Waals surface area contributed by atoms with Crippen LogP contribution in [0.15, 0.2) is 18.5 Å². The van der Waals surface area contributed by atoms with Gasteiger partial charge >= 0.3 is 0 Å². The minimum absolute atomic E-state index is 0.573. The lowest BCUT2D eigenvalue weighted by atomic mass is 10.2. The van der Waals surface area contributed by atoms with Gasteiger partial charge in [-0.15, -0.1) is 0 Å². The van der Waals surface area contributed by atoms with Crippen molar-refractivity contribution in [2.24, 2.45) is 0 Å². The van der Waals surface area contributed by atoms with E-state index in [2.05, 4.69) is 50.0 Å². The molecule has 0 aliphatic carbocycles. The van der Waals surface area contributed by atoms with Gasteiger partial charge in [0, 0.05) is 17.9 Å². The topological polar surface area (TPSA) is 33.4 Å². The van der Waals surface area contributed by atoms with E-state index in [9.17, 15) is 0 Å². The van der Waals surface area contributed by atoms with Crippen LogP contribution in [0.1, 0.15) is 18.4 Å². The van der Waals surface area contributed by atoms with Crippen molar-refractivity contribution in [1.82, 2.24) is 14.6 Å². The molecule has 0 saturated carbocycles. The maximum absolute atomic E-state index is 4.32. The zero-order valence-corrected chi connectivity index (χ0v) is 11.4. The van der Waals surface area contributed by atoms with Gasteiger partial charge in [0.25, 0.3) is 0 Å². The van der Waals surface area contributed by atoms with Gasteiger partial charge < -0.3 is 4.90 Å². The van der Waals surface area contributed by atoms with Crippen LogP contribution in [0.3, 0.4) is 0 Å². The van der Waals surface area contributed by atoms with E-state index in [4.69, 9.17) is 0 Å². The molecule has 2 aromatic rings. The molecule has 1 fully saturated rings. The highest BCUT2D eigenvalue weighted by Crippen LogP contribution is 2.27. The van der Waals surface area contributed by atoms with Crippen LogP contribution in [0.4, 0.5) is 5.82 Å². The van der Waals surface area contributed by atoms with Crippen LogP contribution in [0, 0.1) is 6.92 Å². The van der Waals surface area contributed by atoms with Crippen LogP contribution < -0.4 is 4.90 Å². The minimum atomic E-state index is 0.573. The number of aryl methyl sites for hydroxylation is 1. The van der Waals surface area contributed by atoms with Crippen LogP contribution in [0.2, 0.25) is 0 Å². The monoisotopic (exact) mass is 294 g/mol. The SMILES string of the molecule is Cc1cc(N2CCCC2CBr)n2ncnc2c1. The molecular formula is C12H15BrN4. The molecule has 1 aliphatic heterocycles. The Balaban J connectivity index is 2.12. The summed E-state index contributed by atoms with van der Waals surface area (Å²) in [5.41, 5.74) is 2.17. The number of nitrogens with zero attached hydrogens (tertiary/aromatic N) is 4. The molecule has 2 aromatic heterocycles. The Morgan fingerprint density at radius 3 is 3.18 bits per heavy atom. The molecule has 4 nitrogen and oxygen atoms in total. The highest BCUT2D eigenvalue weighted by molar-refractivity contribution is 9.09. The number of hydrogen-bond donors (Lipinski definition) is 0. The number of aromatic nitrogens is 3. The Hall–Kier alpha value is -1.10. The fraction of sp³-hybridized carbons (Fsp3) is 0.500. The molecule has 0 aromatic carbocycles. The average molecular weight is 295 g/mol. The summed E-state index contributed by atoms with van der Waals surface area (Å²) in [6.07, 6.45) is 4.12. The first-order valence-corrected chi connectivity index (χ1v) is 7.05. The highest BCUT2D eigenvalue weighted by Gasteiger charge is 2.25. The number of hydrogen-bond acceptors (Lipinski definition) is 3. The summed E-state index contributed by atoms with van der Waals surface area (Å²) < 4.78 is 1.94. The van der Waals surface area contributed by atoms with Crippen LogP contribution in [0.5, 0.6) is 0 Å². The van der Waals surface area contributed by atoms with Crippen molar-refractivity contribution in [3.8, 4) is 0 Å². The first-order valence-electron chi connectivity index (χ1n) is 5.92. The number of anilines is 1. The molecule has 90 valence electrons. The van der Waals surface area contributed by atoms with E-state index >= 15 is 0 Å². The Labute approximate surface area is 109 Å². The van der Waals surface area contributed by atoms with Crippen molar-refractivity contribution in [3.63, 3.8) is 0 Å². The molecule has 1 unspecified atom stereocenters. The quantitative estimate of drug-likeness (QED) is 0.798. The standard InChI is InChI=1S/C12H15BrN4/c1-9-5-11-14-8-15-17(11)12(6-9)16-4-2-3-10(16)7-13/h5-6,8,10H,2-4,7H2,1H3. The lowest BCUT2D eigenvalue weighted by molar-refractivity contribution is 0.727. The molecule has 5 heteroatoms. The maximum Gasteiger partial charge on any atom is 0.157 e. The van der Waals surface area contributed by atoms with E-state index in [1.54, 1.807) is 6.33 Å². The molecule has 0 bridgehead atoms.